The van der Waals surface area contributed by atoms with Crippen LogP contribution in [0, 0.1) is 0 Å². The van der Waals surface area contributed by atoms with Crippen LogP contribution in [0.4, 0.5) is 5.69 Å². The second-order valence-corrected chi connectivity index (χ2v) is 7.62. The fourth-order valence-electron chi connectivity index (χ4n) is 3.59. The number of para-hydroxylation sites is 1. The SMILES string of the molecule is CC(C)n1ncc2c(C(=O)Nc3cccc4cccnc34)cc(C3CC3)nc21. The maximum atomic E-state index is 13.2. The number of benzene rings is 1. The number of hydrogen-bond acceptors (Lipinski definition) is 4. The minimum absolute atomic E-state index is 0.157. The molecule has 3 aromatic heterocycles. The average Bonchev–Trinajstić information content (AvgIpc) is 3.46. The fourth-order valence-corrected chi connectivity index (χ4v) is 3.59. The standard InChI is InChI=1S/C22H21N5O/c1-13(2)27-21-17(12-24-27)16(11-19(25-21)14-8-9-14)22(28)26-18-7-3-5-15-6-4-10-23-20(15)18/h3-7,10-14H,8-9H2,1-2H3,(H,26,28). The van der Waals surface area contributed by atoms with Gasteiger partial charge in [-0.25, -0.2) is 9.67 Å². The summed E-state index contributed by atoms with van der Waals surface area (Å²) in [6, 6.07) is 11.8. The quantitative estimate of drug-likeness (QED) is 0.565. The number of anilines is 1. The third-order valence-corrected chi connectivity index (χ3v) is 5.20. The number of fused-ring (bicyclic) bond motifs is 2. The Kier molecular flexibility index (Phi) is 3.86. The molecule has 1 saturated carbocycles. The molecule has 1 aromatic carbocycles. The molecule has 1 N–H and O–H groups in total. The van der Waals surface area contributed by atoms with E-state index in [0.29, 0.717) is 17.2 Å². The monoisotopic (exact) mass is 371 g/mol. The minimum atomic E-state index is -0.157. The Morgan fingerprint density at radius 2 is 2.04 bits per heavy atom. The second kappa shape index (κ2) is 6.41. The van der Waals surface area contributed by atoms with Crippen LogP contribution in [0.3, 0.4) is 0 Å². The van der Waals surface area contributed by atoms with Crippen LogP contribution < -0.4 is 5.32 Å². The van der Waals surface area contributed by atoms with Gasteiger partial charge in [0.2, 0.25) is 0 Å². The molecule has 1 aliphatic carbocycles. The molecule has 28 heavy (non-hydrogen) atoms. The predicted molar refractivity (Wildman–Crippen MR) is 110 cm³/mol. The zero-order chi connectivity index (χ0) is 19.3. The molecule has 6 heteroatoms. The summed E-state index contributed by atoms with van der Waals surface area (Å²) in [6.07, 6.45) is 5.74. The van der Waals surface area contributed by atoms with E-state index in [0.717, 1.165) is 40.5 Å². The summed E-state index contributed by atoms with van der Waals surface area (Å²) in [5.74, 6) is 0.293. The maximum Gasteiger partial charge on any atom is 0.256 e. The van der Waals surface area contributed by atoms with Gasteiger partial charge in [-0.1, -0.05) is 18.2 Å². The summed E-state index contributed by atoms with van der Waals surface area (Å²) in [5, 5.41) is 9.30. The molecule has 0 saturated heterocycles. The number of carbonyl (C=O) groups is 1. The van der Waals surface area contributed by atoms with E-state index in [4.69, 9.17) is 4.98 Å². The van der Waals surface area contributed by atoms with E-state index in [1.165, 1.54) is 0 Å². The van der Waals surface area contributed by atoms with Crippen molar-refractivity contribution in [1.82, 2.24) is 19.7 Å². The molecule has 1 aliphatic rings. The summed E-state index contributed by atoms with van der Waals surface area (Å²) in [6.45, 7) is 4.14. The summed E-state index contributed by atoms with van der Waals surface area (Å²) < 4.78 is 1.89. The van der Waals surface area contributed by atoms with E-state index in [9.17, 15) is 4.79 Å². The Bertz CT molecular complexity index is 1200. The number of pyridine rings is 2. The molecule has 0 atom stereocenters. The fraction of sp³-hybridized carbons (Fsp3) is 0.273. The van der Waals surface area contributed by atoms with Gasteiger partial charge in [-0.3, -0.25) is 9.78 Å². The summed E-state index contributed by atoms with van der Waals surface area (Å²) in [5.41, 5.74) is 3.87. The van der Waals surface area contributed by atoms with Crippen molar-refractivity contribution < 1.29 is 4.79 Å². The molecule has 1 fully saturated rings. The summed E-state index contributed by atoms with van der Waals surface area (Å²) >= 11 is 0. The molecule has 1 amide bonds. The van der Waals surface area contributed by atoms with Crippen molar-refractivity contribution in [2.75, 3.05) is 5.32 Å². The first-order valence-electron chi connectivity index (χ1n) is 9.65. The van der Waals surface area contributed by atoms with E-state index >= 15 is 0 Å². The lowest BCUT2D eigenvalue weighted by molar-refractivity contribution is 0.102. The minimum Gasteiger partial charge on any atom is -0.320 e. The smallest absolute Gasteiger partial charge is 0.256 e. The van der Waals surface area contributed by atoms with Crippen LogP contribution in [0.1, 0.15) is 54.7 Å². The molecule has 5 rings (SSSR count). The first-order valence-corrected chi connectivity index (χ1v) is 9.65. The lowest BCUT2D eigenvalue weighted by Gasteiger charge is -2.11. The highest BCUT2D eigenvalue weighted by molar-refractivity contribution is 6.14. The van der Waals surface area contributed by atoms with E-state index in [1.807, 2.05) is 41.1 Å². The highest BCUT2D eigenvalue weighted by Gasteiger charge is 2.28. The summed E-state index contributed by atoms with van der Waals surface area (Å²) in [4.78, 5) is 22.5. The highest BCUT2D eigenvalue weighted by atomic mass is 16.1. The van der Waals surface area contributed by atoms with Crippen LogP contribution >= 0.6 is 0 Å². The number of aromatic nitrogens is 4. The Balaban J connectivity index is 1.60. The number of amides is 1. The van der Waals surface area contributed by atoms with Gasteiger partial charge in [-0.2, -0.15) is 5.10 Å². The normalized spacial score (nSPS) is 14.1. The van der Waals surface area contributed by atoms with E-state index in [2.05, 4.69) is 29.2 Å². The topological polar surface area (TPSA) is 72.7 Å². The van der Waals surface area contributed by atoms with Crippen LogP contribution in [0.15, 0.2) is 48.8 Å². The lowest BCUT2D eigenvalue weighted by Crippen LogP contribution is -2.14. The molecular formula is C22H21N5O. The van der Waals surface area contributed by atoms with Gasteiger partial charge in [-0.15, -0.1) is 0 Å². The van der Waals surface area contributed by atoms with Crippen LogP contribution in [-0.4, -0.2) is 25.7 Å². The molecule has 6 nitrogen and oxygen atoms in total. The molecular weight excluding hydrogens is 350 g/mol. The Morgan fingerprint density at radius 1 is 1.21 bits per heavy atom. The first-order chi connectivity index (χ1) is 13.6. The van der Waals surface area contributed by atoms with Crippen LogP contribution in [-0.2, 0) is 0 Å². The van der Waals surface area contributed by atoms with Gasteiger partial charge < -0.3 is 5.32 Å². The van der Waals surface area contributed by atoms with Gasteiger partial charge in [0.1, 0.15) is 0 Å². The van der Waals surface area contributed by atoms with Crippen molar-refractivity contribution in [3.8, 4) is 0 Å². The number of nitrogens with zero attached hydrogens (tertiary/aromatic N) is 4. The van der Waals surface area contributed by atoms with Crippen molar-refractivity contribution in [3.05, 3.63) is 60.0 Å². The molecule has 4 aromatic rings. The molecule has 0 bridgehead atoms. The van der Waals surface area contributed by atoms with Crippen molar-refractivity contribution in [1.29, 1.82) is 0 Å². The third kappa shape index (κ3) is 2.81. The average molecular weight is 371 g/mol. The van der Waals surface area contributed by atoms with Gasteiger partial charge in [0.25, 0.3) is 5.91 Å². The van der Waals surface area contributed by atoms with Crippen LogP contribution in [0.25, 0.3) is 21.9 Å². The first kappa shape index (κ1) is 16.9. The predicted octanol–water partition coefficient (Wildman–Crippen LogP) is 4.69. The van der Waals surface area contributed by atoms with E-state index in [-0.39, 0.29) is 11.9 Å². The molecule has 0 aliphatic heterocycles. The van der Waals surface area contributed by atoms with E-state index < -0.39 is 0 Å². The molecule has 0 unspecified atom stereocenters. The molecule has 3 heterocycles. The second-order valence-electron chi connectivity index (χ2n) is 7.62. The van der Waals surface area contributed by atoms with Gasteiger partial charge in [0, 0.05) is 29.2 Å². The number of rotatable bonds is 4. The van der Waals surface area contributed by atoms with Crippen molar-refractivity contribution in [2.24, 2.45) is 0 Å². The largest absolute Gasteiger partial charge is 0.320 e. The molecule has 140 valence electrons. The third-order valence-electron chi connectivity index (χ3n) is 5.20. The Hall–Kier alpha value is -3.28. The van der Waals surface area contributed by atoms with Gasteiger partial charge in [0.05, 0.1) is 28.4 Å². The maximum absolute atomic E-state index is 13.2. The zero-order valence-electron chi connectivity index (χ0n) is 15.9. The number of nitrogens with one attached hydrogen (secondary N) is 1. The summed E-state index contributed by atoms with van der Waals surface area (Å²) in [7, 11) is 0. The van der Waals surface area contributed by atoms with Gasteiger partial charge >= 0.3 is 0 Å². The van der Waals surface area contributed by atoms with Crippen molar-refractivity contribution in [2.45, 2.75) is 38.6 Å². The van der Waals surface area contributed by atoms with E-state index in [1.54, 1.807) is 12.4 Å². The Morgan fingerprint density at radius 3 is 2.82 bits per heavy atom. The van der Waals surface area contributed by atoms with Crippen LogP contribution in [0.2, 0.25) is 0 Å². The Labute approximate surface area is 162 Å². The highest BCUT2D eigenvalue weighted by Crippen LogP contribution is 2.40. The van der Waals surface area contributed by atoms with Crippen LogP contribution in [0.5, 0.6) is 0 Å². The van der Waals surface area contributed by atoms with Crippen molar-refractivity contribution >= 4 is 33.5 Å². The zero-order valence-corrected chi connectivity index (χ0v) is 15.9. The molecule has 0 radical (unpaired) electrons. The van der Waals surface area contributed by atoms with Gasteiger partial charge in [-0.05, 0) is 44.9 Å². The lowest BCUT2D eigenvalue weighted by atomic mass is 10.1. The van der Waals surface area contributed by atoms with Gasteiger partial charge in [0.15, 0.2) is 5.65 Å². The number of hydrogen-bond donors (Lipinski definition) is 1. The number of carbonyl (C=O) groups excluding carboxylic acids is 1. The molecule has 0 spiro atoms. The van der Waals surface area contributed by atoms with Crippen molar-refractivity contribution in [3.63, 3.8) is 0 Å².